The molecule has 0 unspecified atom stereocenters. The molecule has 5 heteroatoms. The van der Waals surface area contributed by atoms with Crippen LogP contribution in [0.25, 0.3) is 0 Å². The first-order chi connectivity index (χ1) is 6.02. The minimum absolute atomic E-state index is 0.0249. The van der Waals surface area contributed by atoms with Crippen molar-refractivity contribution in [2.75, 3.05) is 11.9 Å². The van der Waals surface area contributed by atoms with Crippen molar-refractivity contribution < 1.29 is 0 Å². The van der Waals surface area contributed by atoms with Gasteiger partial charge in [0.2, 0.25) is 0 Å². The largest absolute Gasteiger partial charge is 0.370 e. The van der Waals surface area contributed by atoms with Crippen molar-refractivity contribution >= 4 is 45.8 Å². The summed E-state index contributed by atoms with van der Waals surface area (Å²) in [5.41, 5.74) is 6.07. The van der Waals surface area contributed by atoms with Crippen LogP contribution in [0.15, 0.2) is 18.2 Å². The fraction of sp³-hybridized carbons (Fsp3) is 0.125. The van der Waals surface area contributed by atoms with E-state index >= 15 is 0 Å². The molecule has 0 saturated heterocycles. The Balaban J connectivity index is 3.08. The molecule has 0 radical (unpaired) electrons. The predicted octanol–water partition coefficient (Wildman–Crippen LogP) is 2.27. The zero-order valence-electron chi connectivity index (χ0n) is 7.01. The highest BCUT2D eigenvalue weighted by atomic mass is 127. The number of hydrogen-bond acceptors (Lipinski definition) is 1. The molecule has 0 saturated carbocycles. The smallest absolute Gasteiger partial charge is 0.192 e. The molecule has 0 aliphatic carbocycles. The van der Waals surface area contributed by atoms with E-state index in [0.29, 0.717) is 5.02 Å². The summed E-state index contributed by atoms with van der Waals surface area (Å²) >= 11 is 8.14. The summed E-state index contributed by atoms with van der Waals surface area (Å²) in [6.45, 7) is 0. The van der Waals surface area contributed by atoms with Crippen molar-refractivity contribution in [3.05, 3.63) is 26.8 Å². The first kappa shape index (κ1) is 10.6. The van der Waals surface area contributed by atoms with Crippen LogP contribution < -0.4 is 10.6 Å². The summed E-state index contributed by atoms with van der Waals surface area (Å²) in [6, 6.07) is 5.59. The van der Waals surface area contributed by atoms with Crippen LogP contribution >= 0.6 is 34.2 Å². The third-order valence-electron chi connectivity index (χ3n) is 1.63. The van der Waals surface area contributed by atoms with Gasteiger partial charge in [0, 0.05) is 10.6 Å². The molecular formula is C8H9ClIN3. The Kier molecular flexibility index (Phi) is 3.38. The Hall–Kier alpha value is -0.490. The van der Waals surface area contributed by atoms with Crippen LogP contribution in [0.5, 0.6) is 0 Å². The molecule has 1 rings (SSSR count). The maximum Gasteiger partial charge on any atom is 0.192 e. The molecule has 0 atom stereocenters. The van der Waals surface area contributed by atoms with Crippen LogP contribution in [-0.4, -0.2) is 13.0 Å². The summed E-state index contributed by atoms with van der Waals surface area (Å²) in [5, 5.41) is 7.83. The van der Waals surface area contributed by atoms with E-state index in [0.717, 1.165) is 9.26 Å². The molecular weight excluding hydrogens is 300 g/mol. The topological polar surface area (TPSA) is 53.1 Å². The van der Waals surface area contributed by atoms with Crippen LogP contribution in [0.1, 0.15) is 0 Å². The van der Waals surface area contributed by atoms with Gasteiger partial charge in [-0.1, -0.05) is 11.6 Å². The standard InChI is InChI=1S/C8H9ClIN3/c1-13(8(11)12)7-3-2-5(10)4-6(7)9/h2-4H,1H3,(H3,11,12). The van der Waals surface area contributed by atoms with Gasteiger partial charge in [0.05, 0.1) is 10.7 Å². The monoisotopic (exact) mass is 309 g/mol. The Labute approximate surface area is 95.5 Å². The van der Waals surface area contributed by atoms with E-state index in [4.69, 9.17) is 22.7 Å². The van der Waals surface area contributed by atoms with Gasteiger partial charge in [-0.25, -0.2) is 0 Å². The Bertz CT molecular complexity index is 340. The third-order valence-corrected chi connectivity index (χ3v) is 2.61. The second-order valence-corrected chi connectivity index (χ2v) is 4.19. The van der Waals surface area contributed by atoms with E-state index in [1.165, 1.54) is 4.90 Å². The van der Waals surface area contributed by atoms with E-state index in [2.05, 4.69) is 22.6 Å². The van der Waals surface area contributed by atoms with Gasteiger partial charge in [-0.15, -0.1) is 0 Å². The first-order valence-electron chi connectivity index (χ1n) is 3.55. The van der Waals surface area contributed by atoms with Crippen LogP contribution in [-0.2, 0) is 0 Å². The van der Waals surface area contributed by atoms with Crippen LogP contribution in [0.2, 0.25) is 5.02 Å². The average Bonchev–Trinajstić information content (AvgIpc) is 2.03. The number of nitrogens with zero attached hydrogens (tertiary/aromatic N) is 1. The number of guanidine groups is 1. The molecule has 0 bridgehead atoms. The lowest BCUT2D eigenvalue weighted by Crippen LogP contribution is -2.32. The number of nitrogens with two attached hydrogens (primary N) is 1. The average molecular weight is 310 g/mol. The van der Waals surface area contributed by atoms with Crippen molar-refractivity contribution in [2.45, 2.75) is 0 Å². The quantitative estimate of drug-likeness (QED) is 0.475. The first-order valence-corrected chi connectivity index (χ1v) is 5.01. The minimum Gasteiger partial charge on any atom is -0.370 e. The lowest BCUT2D eigenvalue weighted by atomic mass is 10.3. The van der Waals surface area contributed by atoms with Crippen LogP contribution in [0.3, 0.4) is 0 Å². The highest BCUT2D eigenvalue weighted by Gasteiger charge is 2.07. The summed E-state index contributed by atoms with van der Waals surface area (Å²) in [5.74, 6) is -0.0249. The fourth-order valence-corrected chi connectivity index (χ4v) is 1.87. The summed E-state index contributed by atoms with van der Waals surface area (Å²) < 4.78 is 1.06. The lowest BCUT2D eigenvalue weighted by Gasteiger charge is -2.17. The van der Waals surface area contributed by atoms with Gasteiger partial charge in [-0.3, -0.25) is 5.41 Å². The van der Waals surface area contributed by atoms with Crippen molar-refractivity contribution in [2.24, 2.45) is 5.73 Å². The zero-order chi connectivity index (χ0) is 10.0. The van der Waals surface area contributed by atoms with Gasteiger partial charge in [0.15, 0.2) is 5.96 Å². The normalized spacial score (nSPS) is 9.77. The molecule has 0 spiro atoms. The van der Waals surface area contributed by atoms with E-state index in [9.17, 15) is 0 Å². The van der Waals surface area contributed by atoms with E-state index in [1.807, 2.05) is 18.2 Å². The zero-order valence-corrected chi connectivity index (χ0v) is 9.93. The number of benzene rings is 1. The molecule has 3 nitrogen and oxygen atoms in total. The van der Waals surface area contributed by atoms with Crippen LogP contribution in [0.4, 0.5) is 5.69 Å². The van der Waals surface area contributed by atoms with Crippen molar-refractivity contribution in [1.29, 1.82) is 5.41 Å². The highest BCUT2D eigenvalue weighted by Crippen LogP contribution is 2.26. The van der Waals surface area contributed by atoms with Gasteiger partial charge < -0.3 is 10.6 Å². The Morgan fingerprint density at radius 3 is 2.69 bits per heavy atom. The van der Waals surface area contributed by atoms with E-state index in [1.54, 1.807) is 7.05 Å². The van der Waals surface area contributed by atoms with Gasteiger partial charge in [0.25, 0.3) is 0 Å². The molecule has 0 aliphatic heterocycles. The highest BCUT2D eigenvalue weighted by molar-refractivity contribution is 14.1. The molecule has 3 N–H and O–H groups in total. The van der Waals surface area contributed by atoms with E-state index < -0.39 is 0 Å². The molecule has 0 amide bonds. The van der Waals surface area contributed by atoms with Gasteiger partial charge in [-0.2, -0.15) is 0 Å². The molecule has 70 valence electrons. The number of hydrogen-bond donors (Lipinski definition) is 2. The Morgan fingerprint density at radius 1 is 1.62 bits per heavy atom. The third kappa shape index (κ3) is 2.47. The molecule has 13 heavy (non-hydrogen) atoms. The van der Waals surface area contributed by atoms with Gasteiger partial charge >= 0.3 is 0 Å². The molecule has 0 fully saturated rings. The molecule has 0 aromatic heterocycles. The number of rotatable bonds is 1. The van der Waals surface area contributed by atoms with Crippen molar-refractivity contribution in [1.82, 2.24) is 0 Å². The lowest BCUT2D eigenvalue weighted by molar-refractivity contribution is 1.20. The SMILES string of the molecule is CN(C(=N)N)c1ccc(I)cc1Cl. The summed E-state index contributed by atoms with van der Waals surface area (Å²) in [6.07, 6.45) is 0. The summed E-state index contributed by atoms with van der Waals surface area (Å²) in [4.78, 5) is 1.53. The predicted molar refractivity (Wildman–Crippen MR) is 64.5 cm³/mol. The number of halogens is 2. The molecule has 0 heterocycles. The van der Waals surface area contributed by atoms with Crippen molar-refractivity contribution in [3.8, 4) is 0 Å². The Morgan fingerprint density at radius 2 is 2.23 bits per heavy atom. The number of nitrogens with one attached hydrogen (secondary N) is 1. The molecule has 0 aliphatic rings. The summed E-state index contributed by atoms with van der Waals surface area (Å²) in [7, 11) is 1.70. The number of anilines is 1. The maximum atomic E-state index is 7.23. The van der Waals surface area contributed by atoms with Crippen molar-refractivity contribution in [3.63, 3.8) is 0 Å². The fourth-order valence-electron chi connectivity index (χ4n) is 0.883. The minimum atomic E-state index is -0.0249. The van der Waals surface area contributed by atoms with Crippen LogP contribution in [0, 0.1) is 8.98 Å². The maximum absolute atomic E-state index is 7.23. The molecule has 1 aromatic rings. The van der Waals surface area contributed by atoms with Gasteiger partial charge in [-0.05, 0) is 40.8 Å². The van der Waals surface area contributed by atoms with Gasteiger partial charge in [0.1, 0.15) is 0 Å². The molecule has 1 aromatic carbocycles. The second-order valence-electron chi connectivity index (χ2n) is 2.54. The van der Waals surface area contributed by atoms with E-state index in [-0.39, 0.29) is 5.96 Å². The second kappa shape index (κ2) is 4.15.